The van der Waals surface area contributed by atoms with Crippen LogP contribution in [0.15, 0.2) is 41.0 Å². The number of carbonyl (C=O) groups excluding carboxylic acids is 2. The predicted octanol–water partition coefficient (Wildman–Crippen LogP) is 3.00. The summed E-state index contributed by atoms with van der Waals surface area (Å²) in [6.45, 7) is 1.56. The molecular weight excluding hydrogens is 420 g/mol. The summed E-state index contributed by atoms with van der Waals surface area (Å²) in [4.78, 5) is 32.3. The molecule has 0 radical (unpaired) electrons. The number of fused-ring (bicyclic) bond motifs is 1. The van der Waals surface area contributed by atoms with Gasteiger partial charge in [0.1, 0.15) is 0 Å². The van der Waals surface area contributed by atoms with E-state index in [1.807, 2.05) is 0 Å². The standard InChI is InChI=1S/C21H22N4O5S/c1-28-15-6-5-13(10-17(15)29-2)22-19(26)12-25-8-7-14-18(11-25)31-21(23-14)24-20(27)16-4-3-9-30-16/h3-6,9-10H,7-8,11-12H2,1-2H3,(H,22,26)(H,23,24,27). The van der Waals surface area contributed by atoms with Crippen LogP contribution in [-0.2, 0) is 17.8 Å². The molecule has 2 amide bonds. The number of nitrogens with one attached hydrogen (secondary N) is 2. The molecule has 0 aliphatic carbocycles. The van der Waals surface area contributed by atoms with Crippen molar-refractivity contribution in [3.05, 3.63) is 52.9 Å². The third-order valence-electron chi connectivity index (χ3n) is 4.81. The number of ether oxygens (including phenoxy) is 2. The fourth-order valence-electron chi connectivity index (χ4n) is 3.32. The zero-order chi connectivity index (χ0) is 21.8. The molecule has 0 unspecified atom stereocenters. The minimum Gasteiger partial charge on any atom is -0.493 e. The van der Waals surface area contributed by atoms with Gasteiger partial charge in [-0.05, 0) is 24.3 Å². The monoisotopic (exact) mass is 442 g/mol. The van der Waals surface area contributed by atoms with Crippen LogP contribution in [-0.4, -0.2) is 49.0 Å². The number of anilines is 2. The topological polar surface area (TPSA) is 106 Å². The molecule has 31 heavy (non-hydrogen) atoms. The second kappa shape index (κ2) is 9.19. The number of hydrogen-bond acceptors (Lipinski definition) is 8. The molecule has 0 spiro atoms. The Labute approximate surface area is 183 Å². The number of hydrogen-bond donors (Lipinski definition) is 2. The molecule has 162 valence electrons. The molecule has 0 atom stereocenters. The predicted molar refractivity (Wildman–Crippen MR) is 116 cm³/mol. The minimum atomic E-state index is -0.331. The maximum atomic E-state index is 12.5. The van der Waals surface area contributed by atoms with Gasteiger partial charge in [0.15, 0.2) is 22.4 Å². The van der Waals surface area contributed by atoms with Crippen molar-refractivity contribution in [1.29, 1.82) is 0 Å². The number of nitrogens with zero attached hydrogens (tertiary/aromatic N) is 2. The molecule has 0 bridgehead atoms. The molecule has 9 nitrogen and oxygen atoms in total. The van der Waals surface area contributed by atoms with Gasteiger partial charge in [0, 0.05) is 36.1 Å². The Hall–Kier alpha value is -3.37. The summed E-state index contributed by atoms with van der Waals surface area (Å²) in [5.41, 5.74) is 1.59. The number of rotatable bonds is 7. The molecule has 1 aromatic carbocycles. The van der Waals surface area contributed by atoms with E-state index in [0.29, 0.717) is 41.8 Å². The highest BCUT2D eigenvalue weighted by Crippen LogP contribution is 2.30. The van der Waals surface area contributed by atoms with Crippen molar-refractivity contribution in [2.24, 2.45) is 0 Å². The Balaban J connectivity index is 1.34. The molecule has 10 heteroatoms. The van der Waals surface area contributed by atoms with Crippen LogP contribution in [0.4, 0.5) is 10.8 Å². The van der Waals surface area contributed by atoms with Crippen molar-refractivity contribution in [2.45, 2.75) is 13.0 Å². The van der Waals surface area contributed by atoms with Gasteiger partial charge in [-0.1, -0.05) is 0 Å². The Morgan fingerprint density at radius 1 is 1.19 bits per heavy atom. The van der Waals surface area contributed by atoms with Crippen LogP contribution >= 0.6 is 11.3 Å². The fourth-order valence-corrected chi connectivity index (χ4v) is 4.37. The zero-order valence-corrected chi connectivity index (χ0v) is 18.0. The zero-order valence-electron chi connectivity index (χ0n) is 17.1. The van der Waals surface area contributed by atoms with E-state index < -0.39 is 0 Å². The van der Waals surface area contributed by atoms with Crippen molar-refractivity contribution in [3.63, 3.8) is 0 Å². The first-order valence-electron chi connectivity index (χ1n) is 9.63. The molecule has 1 aliphatic heterocycles. The van der Waals surface area contributed by atoms with E-state index >= 15 is 0 Å². The summed E-state index contributed by atoms with van der Waals surface area (Å²) >= 11 is 1.42. The van der Waals surface area contributed by atoms with Crippen LogP contribution in [0.3, 0.4) is 0 Å². The number of thiazole rings is 1. The molecule has 3 aromatic rings. The molecule has 0 saturated carbocycles. The third-order valence-corrected chi connectivity index (χ3v) is 5.81. The summed E-state index contributed by atoms with van der Waals surface area (Å²) in [6.07, 6.45) is 2.17. The quantitative estimate of drug-likeness (QED) is 0.579. The Kier molecular flexibility index (Phi) is 6.19. The highest BCUT2D eigenvalue weighted by Gasteiger charge is 2.23. The minimum absolute atomic E-state index is 0.119. The van der Waals surface area contributed by atoms with Crippen molar-refractivity contribution in [1.82, 2.24) is 9.88 Å². The number of aromatic nitrogens is 1. The molecule has 1 aliphatic rings. The summed E-state index contributed by atoms with van der Waals surface area (Å²) < 4.78 is 15.6. The first-order chi connectivity index (χ1) is 15.1. The normalized spacial score (nSPS) is 13.4. The van der Waals surface area contributed by atoms with Gasteiger partial charge in [-0.2, -0.15) is 0 Å². The number of carbonyl (C=O) groups is 2. The number of furan rings is 1. The first kappa shape index (κ1) is 20.9. The van der Waals surface area contributed by atoms with Gasteiger partial charge in [-0.3, -0.25) is 19.8 Å². The lowest BCUT2D eigenvalue weighted by Crippen LogP contribution is -2.36. The average molecular weight is 442 g/mol. The second-order valence-electron chi connectivity index (χ2n) is 6.90. The summed E-state index contributed by atoms with van der Waals surface area (Å²) in [7, 11) is 3.11. The lowest BCUT2D eigenvalue weighted by atomic mass is 10.2. The van der Waals surface area contributed by atoms with E-state index in [1.54, 1.807) is 44.6 Å². The van der Waals surface area contributed by atoms with Crippen molar-refractivity contribution in [2.75, 3.05) is 37.9 Å². The first-order valence-corrected chi connectivity index (χ1v) is 10.4. The average Bonchev–Trinajstić information content (AvgIpc) is 3.43. The number of methoxy groups -OCH3 is 2. The van der Waals surface area contributed by atoms with E-state index in [-0.39, 0.29) is 24.1 Å². The molecule has 4 rings (SSSR count). The Morgan fingerprint density at radius 3 is 2.77 bits per heavy atom. The van der Waals surface area contributed by atoms with E-state index in [1.165, 1.54) is 17.6 Å². The highest BCUT2D eigenvalue weighted by molar-refractivity contribution is 7.15. The number of benzene rings is 1. The van der Waals surface area contributed by atoms with Gasteiger partial charge in [0.2, 0.25) is 5.91 Å². The molecular formula is C21H22N4O5S. The fraction of sp³-hybridized carbons (Fsp3) is 0.286. The second-order valence-corrected chi connectivity index (χ2v) is 7.98. The van der Waals surface area contributed by atoms with Crippen LogP contribution in [0.25, 0.3) is 0 Å². The van der Waals surface area contributed by atoms with Crippen LogP contribution in [0.2, 0.25) is 0 Å². The Morgan fingerprint density at radius 2 is 2.03 bits per heavy atom. The van der Waals surface area contributed by atoms with E-state index in [4.69, 9.17) is 13.9 Å². The van der Waals surface area contributed by atoms with Crippen molar-refractivity contribution in [3.8, 4) is 11.5 Å². The van der Waals surface area contributed by atoms with Crippen molar-refractivity contribution >= 4 is 34.0 Å². The van der Waals surface area contributed by atoms with Crippen LogP contribution < -0.4 is 20.1 Å². The smallest absolute Gasteiger partial charge is 0.293 e. The van der Waals surface area contributed by atoms with Crippen LogP contribution in [0, 0.1) is 0 Å². The van der Waals surface area contributed by atoms with Crippen molar-refractivity contribution < 1.29 is 23.5 Å². The van der Waals surface area contributed by atoms with Gasteiger partial charge in [-0.25, -0.2) is 4.98 Å². The molecule has 3 heterocycles. The third kappa shape index (κ3) is 4.86. The SMILES string of the molecule is COc1ccc(NC(=O)CN2CCc3nc(NC(=O)c4ccco4)sc3C2)cc1OC. The van der Waals surface area contributed by atoms with Gasteiger partial charge in [-0.15, -0.1) is 11.3 Å². The molecule has 0 saturated heterocycles. The van der Waals surface area contributed by atoms with E-state index in [9.17, 15) is 9.59 Å². The van der Waals surface area contributed by atoms with E-state index in [2.05, 4.69) is 20.5 Å². The summed E-state index contributed by atoms with van der Waals surface area (Å²) in [6, 6.07) is 8.50. The molecule has 2 aromatic heterocycles. The van der Waals surface area contributed by atoms with Gasteiger partial charge in [0.05, 0.1) is 32.7 Å². The lowest BCUT2D eigenvalue weighted by molar-refractivity contribution is -0.117. The van der Waals surface area contributed by atoms with Crippen LogP contribution in [0.1, 0.15) is 21.1 Å². The summed E-state index contributed by atoms with van der Waals surface area (Å²) in [5.74, 6) is 0.941. The maximum absolute atomic E-state index is 12.5. The maximum Gasteiger partial charge on any atom is 0.293 e. The lowest BCUT2D eigenvalue weighted by Gasteiger charge is -2.25. The van der Waals surface area contributed by atoms with Gasteiger partial charge < -0.3 is 19.2 Å². The van der Waals surface area contributed by atoms with Gasteiger partial charge >= 0.3 is 0 Å². The van der Waals surface area contributed by atoms with E-state index in [0.717, 1.165) is 10.6 Å². The molecule has 2 N–H and O–H groups in total. The van der Waals surface area contributed by atoms with Crippen LogP contribution in [0.5, 0.6) is 11.5 Å². The summed E-state index contributed by atoms with van der Waals surface area (Å²) in [5, 5.41) is 6.19. The molecule has 0 fully saturated rings. The van der Waals surface area contributed by atoms with Gasteiger partial charge in [0.25, 0.3) is 5.91 Å². The highest BCUT2D eigenvalue weighted by atomic mass is 32.1. The number of amides is 2. The Bertz CT molecular complexity index is 1080. The largest absolute Gasteiger partial charge is 0.493 e.